The van der Waals surface area contributed by atoms with Crippen LogP contribution in [0.4, 0.5) is 5.82 Å². The summed E-state index contributed by atoms with van der Waals surface area (Å²) >= 11 is 0. The third-order valence-corrected chi connectivity index (χ3v) is 4.93. The highest BCUT2D eigenvalue weighted by Gasteiger charge is 2.27. The zero-order valence-electron chi connectivity index (χ0n) is 15.6. The molecular weight excluding hydrogens is 338 g/mol. The molecule has 0 atom stereocenters. The topological polar surface area (TPSA) is 56.2 Å². The Balaban J connectivity index is 0.00000225. The number of anilines is 1. The highest BCUT2D eigenvalue weighted by atomic mass is 16.5. The van der Waals surface area contributed by atoms with E-state index in [1.165, 1.54) is 18.4 Å². The number of carbonyl (C=O) groups is 1. The van der Waals surface area contributed by atoms with E-state index in [4.69, 9.17) is 4.74 Å². The van der Waals surface area contributed by atoms with E-state index in [2.05, 4.69) is 28.6 Å². The first-order valence-corrected chi connectivity index (χ1v) is 9.58. The molecule has 1 aromatic heterocycles. The molecule has 5 heteroatoms. The molecule has 27 heavy (non-hydrogen) atoms. The highest BCUT2D eigenvalue weighted by Crippen LogP contribution is 2.39. The first kappa shape index (κ1) is 17.6. The molecule has 0 spiro atoms. The minimum atomic E-state index is -0.0356. The Hall–Kier alpha value is -2.82. The minimum Gasteiger partial charge on any atom is -0.489 e. The van der Waals surface area contributed by atoms with E-state index in [-0.39, 0.29) is 7.33 Å². The second-order valence-electron chi connectivity index (χ2n) is 7.27. The third kappa shape index (κ3) is 4.67. The quantitative estimate of drug-likeness (QED) is 0.792. The normalized spacial score (nSPS) is 16.1. The molecule has 5 nitrogen and oxygen atoms in total. The Bertz CT molecular complexity index is 880. The van der Waals surface area contributed by atoms with E-state index in [0.29, 0.717) is 18.9 Å². The second-order valence-corrected chi connectivity index (χ2v) is 7.27. The lowest BCUT2D eigenvalue weighted by Gasteiger charge is -2.10. The van der Waals surface area contributed by atoms with Gasteiger partial charge in [0.2, 0.25) is 5.91 Å². The van der Waals surface area contributed by atoms with E-state index in [9.17, 15) is 4.79 Å². The number of amides is 1. The average Bonchev–Trinajstić information content (AvgIpc) is 3.47. The van der Waals surface area contributed by atoms with Crippen molar-refractivity contribution in [2.45, 2.75) is 38.0 Å². The number of aromatic nitrogens is 2. The molecule has 0 saturated heterocycles. The van der Waals surface area contributed by atoms with E-state index in [1.807, 2.05) is 37.4 Å². The number of ether oxygens (including phenoxy) is 1. The van der Waals surface area contributed by atoms with Crippen molar-refractivity contribution in [2.75, 3.05) is 11.9 Å². The number of benzene rings is 1. The zero-order chi connectivity index (χ0) is 18.6. The van der Waals surface area contributed by atoms with Crippen LogP contribution in [0, 0.1) is 0 Å². The summed E-state index contributed by atoms with van der Waals surface area (Å²) in [7, 11) is 1.87. The molecule has 1 saturated carbocycles. The molecule has 0 unspecified atom stereocenters. The van der Waals surface area contributed by atoms with Crippen molar-refractivity contribution in [2.24, 2.45) is 7.05 Å². The standard InChI is InChI=1S/C22H25N3O2.H2/c1-25-21(14-20(24-25)18-9-10-18)23-22(26)13-16-7-11-19(12-8-16)27-15-17-5-3-2-4-6-17;/h3,5-8,11-12,14,18H,2,4,9-10,13,15H2,1H3,(H,23,26);1H. The average molecular weight is 365 g/mol. The van der Waals surface area contributed by atoms with Crippen LogP contribution in [0.15, 0.2) is 54.1 Å². The van der Waals surface area contributed by atoms with Crippen LogP contribution in [0.1, 0.15) is 44.3 Å². The van der Waals surface area contributed by atoms with Gasteiger partial charge in [-0.05, 0) is 49.0 Å². The van der Waals surface area contributed by atoms with Crippen LogP contribution >= 0.6 is 0 Å². The fraction of sp³-hybridized carbons (Fsp3) is 0.364. The number of nitrogens with one attached hydrogen (secondary N) is 1. The van der Waals surface area contributed by atoms with Crippen LogP contribution in [0.25, 0.3) is 0 Å². The van der Waals surface area contributed by atoms with Gasteiger partial charge in [0.15, 0.2) is 0 Å². The van der Waals surface area contributed by atoms with Gasteiger partial charge in [-0.1, -0.05) is 30.4 Å². The maximum atomic E-state index is 12.3. The van der Waals surface area contributed by atoms with E-state index >= 15 is 0 Å². The molecule has 4 rings (SSSR count). The number of aryl methyl sites for hydroxylation is 1. The number of rotatable bonds is 7. The Kier molecular flexibility index (Phi) is 5.10. The summed E-state index contributed by atoms with van der Waals surface area (Å²) in [5.41, 5.74) is 3.25. The summed E-state index contributed by atoms with van der Waals surface area (Å²) in [6.07, 6.45) is 11.4. The van der Waals surface area contributed by atoms with Crippen LogP contribution in [0.3, 0.4) is 0 Å². The van der Waals surface area contributed by atoms with Crippen molar-refractivity contribution in [3.05, 3.63) is 65.4 Å². The Morgan fingerprint density at radius 3 is 2.81 bits per heavy atom. The van der Waals surface area contributed by atoms with Crippen molar-refractivity contribution >= 4 is 11.7 Å². The van der Waals surface area contributed by atoms with Crippen LogP contribution in [-0.4, -0.2) is 22.3 Å². The summed E-state index contributed by atoms with van der Waals surface area (Å²) in [6, 6.07) is 9.72. The van der Waals surface area contributed by atoms with Gasteiger partial charge in [-0.3, -0.25) is 9.48 Å². The van der Waals surface area contributed by atoms with Crippen LogP contribution in [0.5, 0.6) is 5.75 Å². The molecule has 2 aliphatic rings. The Morgan fingerprint density at radius 1 is 1.30 bits per heavy atom. The van der Waals surface area contributed by atoms with Crippen molar-refractivity contribution in [3.8, 4) is 5.75 Å². The van der Waals surface area contributed by atoms with E-state index in [1.54, 1.807) is 4.68 Å². The van der Waals surface area contributed by atoms with Gasteiger partial charge in [-0.2, -0.15) is 5.10 Å². The van der Waals surface area contributed by atoms with Gasteiger partial charge in [-0.25, -0.2) is 0 Å². The molecule has 1 aromatic carbocycles. The molecule has 0 aliphatic heterocycles. The van der Waals surface area contributed by atoms with Crippen LogP contribution in [0.2, 0.25) is 0 Å². The van der Waals surface area contributed by atoms with Crippen LogP contribution in [-0.2, 0) is 18.3 Å². The molecule has 0 bridgehead atoms. The molecule has 142 valence electrons. The maximum absolute atomic E-state index is 12.3. The number of carbonyl (C=O) groups excluding carboxylic acids is 1. The highest BCUT2D eigenvalue weighted by molar-refractivity contribution is 5.91. The lowest BCUT2D eigenvalue weighted by atomic mass is 10.1. The molecule has 0 radical (unpaired) electrons. The first-order valence-electron chi connectivity index (χ1n) is 9.58. The molecule has 2 aliphatic carbocycles. The lowest BCUT2D eigenvalue weighted by molar-refractivity contribution is -0.115. The van der Waals surface area contributed by atoms with Crippen LogP contribution < -0.4 is 10.1 Å². The van der Waals surface area contributed by atoms with Gasteiger partial charge in [0.1, 0.15) is 18.2 Å². The first-order chi connectivity index (χ1) is 13.2. The summed E-state index contributed by atoms with van der Waals surface area (Å²) in [5.74, 6) is 2.12. The van der Waals surface area contributed by atoms with Crippen molar-refractivity contribution < 1.29 is 11.0 Å². The predicted octanol–water partition coefficient (Wildman–Crippen LogP) is 4.38. The zero-order valence-corrected chi connectivity index (χ0v) is 15.6. The SMILES string of the molecule is Cn1nc(C2CC2)cc1NC(=O)Cc1ccc(OCC2=CCCC=C2)cc1.[HH]. The molecule has 2 aromatic rings. The van der Waals surface area contributed by atoms with Gasteiger partial charge in [0.05, 0.1) is 12.1 Å². The largest absolute Gasteiger partial charge is 0.489 e. The van der Waals surface area contributed by atoms with E-state index in [0.717, 1.165) is 35.7 Å². The van der Waals surface area contributed by atoms with Gasteiger partial charge in [-0.15, -0.1) is 0 Å². The fourth-order valence-corrected chi connectivity index (χ4v) is 3.20. The number of allylic oxidation sites excluding steroid dienone is 2. The molecule has 1 amide bonds. The smallest absolute Gasteiger partial charge is 0.229 e. The monoisotopic (exact) mass is 365 g/mol. The van der Waals surface area contributed by atoms with Crippen molar-refractivity contribution in [1.82, 2.24) is 9.78 Å². The van der Waals surface area contributed by atoms with Crippen molar-refractivity contribution in [1.29, 1.82) is 0 Å². The summed E-state index contributed by atoms with van der Waals surface area (Å²) < 4.78 is 7.56. The Morgan fingerprint density at radius 2 is 2.11 bits per heavy atom. The fourth-order valence-electron chi connectivity index (χ4n) is 3.20. The molecule has 1 N–H and O–H groups in total. The number of hydrogen-bond acceptors (Lipinski definition) is 3. The molecular formula is C22H27N3O2. The lowest BCUT2D eigenvalue weighted by Crippen LogP contribution is -2.16. The summed E-state index contributed by atoms with van der Waals surface area (Å²) in [6.45, 7) is 0.583. The predicted molar refractivity (Wildman–Crippen MR) is 108 cm³/mol. The minimum absolute atomic E-state index is 0. The number of hydrogen-bond donors (Lipinski definition) is 1. The van der Waals surface area contributed by atoms with E-state index < -0.39 is 0 Å². The van der Waals surface area contributed by atoms with Gasteiger partial charge < -0.3 is 10.1 Å². The van der Waals surface area contributed by atoms with Gasteiger partial charge in [0.25, 0.3) is 0 Å². The maximum Gasteiger partial charge on any atom is 0.229 e. The van der Waals surface area contributed by atoms with Crippen molar-refractivity contribution in [3.63, 3.8) is 0 Å². The second kappa shape index (κ2) is 7.82. The Labute approximate surface area is 161 Å². The van der Waals surface area contributed by atoms with Gasteiger partial charge >= 0.3 is 0 Å². The third-order valence-electron chi connectivity index (χ3n) is 4.93. The molecule has 1 heterocycles. The summed E-state index contributed by atoms with van der Waals surface area (Å²) in [4.78, 5) is 12.3. The summed E-state index contributed by atoms with van der Waals surface area (Å²) in [5, 5.41) is 7.44. The van der Waals surface area contributed by atoms with Gasteiger partial charge in [0, 0.05) is 20.5 Å². The molecule has 1 fully saturated rings. The number of nitrogens with zero attached hydrogens (tertiary/aromatic N) is 2.